The zero-order valence-corrected chi connectivity index (χ0v) is 6.68. The minimum atomic E-state index is -2.69. The van der Waals surface area contributed by atoms with Crippen LogP contribution in [0.1, 0.15) is 19.8 Å². The number of Topliss-reactive ketones (excluding diaryl/α,β-unsaturated/α-hetero) is 1. The minimum absolute atomic E-state index is 0.154. The summed E-state index contributed by atoms with van der Waals surface area (Å²) in [5.74, 6) is -1.54. The summed E-state index contributed by atoms with van der Waals surface area (Å²) in [5.41, 5.74) is 0. The lowest BCUT2D eigenvalue weighted by Crippen LogP contribution is -2.13. The van der Waals surface area contributed by atoms with Crippen LogP contribution in [0.5, 0.6) is 0 Å². The maximum atomic E-state index is 11.5. The van der Waals surface area contributed by atoms with Crippen LogP contribution < -0.4 is 0 Å². The Morgan fingerprint density at radius 2 is 2.00 bits per heavy atom. The molecule has 0 aromatic carbocycles. The molecule has 0 bridgehead atoms. The van der Waals surface area contributed by atoms with Crippen molar-refractivity contribution < 1.29 is 23.1 Å². The zero-order chi connectivity index (χ0) is 9.56. The number of esters is 1. The van der Waals surface area contributed by atoms with Crippen LogP contribution in [0.15, 0.2) is 0 Å². The third-order valence-electron chi connectivity index (χ3n) is 1.03. The molecule has 0 aliphatic carbocycles. The zero-order valence-electron chi connectivity index (χ0n) is 6.68. The van der Waals surface area contributed by atoms with E-state index < -0.39 is 31.0 Å². The summed E-state index contributed by atoms with van der Waals surface area (Å²) in [6.07, 6.45) is -4.12. The van der Waals surface area contributed by atoms with Crippen LogP contribution in [-0.4, -0.2) is 24.8 Å². The van der Waals surface area contributed by atoms with Crippen molar-refractivity contribution in [2.75, 3.05) is 6.61 Å². The van der Waals surface area contributed by atoms with Crippen molar-refractivity contribution in [1.82, 2.24) is 0 Å². The van der Waals surface area contributed by atoms with Crippen molar-refractivity contribution in [3.8, 4) is 0 Å². The Bertz CT molecular complexity index is 168. The number of rotatable bonds is 5. The average Bonchev–Trinajstić information content (AvgIpc) is 1.84. The quantitative estimate of drug-likeness (QED) is 0.471. The van der Waals surface area contributed by atoms with E-state index in [0.29, 0.717) is 0 Å². The van der Waals surface area contributed by atoms with E-state index in [2.05, 4.69) is 4.74 Å². The van der Waals surface area contributed by atoms with Gasteiger partial charge in [0.1, 0.15) is 12.2 Å². The van der Waals surface area contributed by atoms with Crippen LogP contribution in [-0.2, 0) is 14.3 Å². The Labute approximate surface area is 68.7 Å². The van der Waals surface area contributed by atoms with Gasteiger partial charge in [0, 0.05) is 0 Å². The molecule has 5 heteroatoms. The van der Waals surface area contributed by atoms with Gasteiger partial charge < -0.3 is 4.74 Å². The SMILES string of the molecule is CCOC(=O)CC(=O)CC(F)F. The topological polar surface area (TPSA) is 43.4 Å². The van der Waals surface area contributed by atoms with Crippen LogP contribution in [0.3, 0.4) is 0 Å². The molecule has 0 rings (SSSR count). The van der Waals surface area contributed by atoms with Crippen molar-refractivity contribution in [2.45, 2.75) is 26.2 Å². The fourth-order valence-corrected chi connectivity index (χ4v) is 0.617. The average molecular weight is 180 g/mol. The first-order valence-electron chi connectivity index (χ1n) is 3.51. The number of ether oxygens (including phenoxy) is 1. The Morgan fingerprint density at radius 1 is 1.42 bits per heavy atom. The molecule has 0 atom stereocenters. The number of alkyl halides is 2. The number of hydrogen-bond acceptors (Lipinski definition) is 3. The molecule has 0 aromatic heterocycles. The first-order valence-corrected chi connectivity index (χ1v) is 3.51. The van der Waals surface area contributed by atoms with Gasteiger partial charge >= 0.3 is 5.97 Å². The molecule has 0 saturated heterocycles. The third-order valence-corrected chi connectivity index (χ3v) is 1.03. The van der Waals surface area contributed by atoms with E-state index in [0.717, 1.165) is 0 Å². The number of carbonyl (C=O) groups excluding carboxylic acids is 2. The third kappa shape index (κ3) is 5.76. The Morgan fingerprint density at radius 3 is 2.42 bits per heavy atom. The summed E-state index contributed by atoms with van der Waals surface area (Å²) in [6.45, 7) is 1.73. The van der Waals surface area contributed by atoms with Crippen LogP contribution in [0.25, 0.3) is 0 Å². The normalized spacial score (nSPS) is 10.0. The van der Waals surface area contributed by atoms with E-state index in [4.69, 9.17) is 0 Å². The highest BCUT2D eigenvalue weighted by atomic mass is 19.3. The highest BCUT2D eigenvalue weighted by molar-refractivity contribution is 5.95. The smallest absolute Gasteiger partial charge is 0.313 e. The largest absolute Gasteiger partial charge is 0.466 e. The van der Waals surface area contributed by atoms with Gasteiger partial charge in [-0.25, -0.2) is 8.78 Å². The van der Waals surface area contributed by atoms with E-state index in [1.165, 1.54) is 0 Å². The van der Waals surface area contributed by atoms with Crippen molar-refractivity contribution >= 4 is 11.8 Å². The van der Waals surface area contributed by atoms with Gasteiger partial charge in [-0.2, -0.15) is 0 Å². The van der Waals surface area contributed by atoms with Crippen LogP contribution in [0.4, 0.5) is 8.78 Å². The highest BCUT2D eigenvalue weighted by Crippen LogP contribution is 2.02. The Hall–Kier alpha value is -1.00. The summed E-state index contributed by atoms with van der Waals surface area (Å²) in [5, 5.41) is 0. The van der Waals surface area contributed by atoms with E-state index in [9.17, 15) is 18.4 Å². The van der Waals surface area contributed by atoms with Gasteiger partial charge in [0.15, 0.2) is 0 Å². The number of carbonyl (C=O) groups is 2. The summed E-state index contributed by atoms with van der Waals surface area (Å²) in [4.78, 5) is 21.1. The molecule has 0 saturated carbocycles. The Balaban J connectivity index is 3.62. The van der Waals surface area contributed by atoms with E-state index in [1.54, 1.807) is 6.92 Å². The van der Waals surface area contributed by atoms with E-state index in [-0.39, 0.29) is 6.61 Å². The number of hydrogen-bond donors (Lipinski definition) is 0. The summed E-state index contributed by atoms with van der Waals surface area (Å²) in [6, 6.07) is 0. The molecule has 70 valence electrons. The van der Waals surface area contributed by atoms with Crippen molar-refractivity contribution in [2.24, 2.45) is 0 Å². The lowest BCUT2D eigenvalue weighted by atomic mass is 10.2. The van der Waals surface area contributed by atoms with Gasteiger partial charge in [-0.05, 0) is 6.92 Å². The van der Waals surface area contributed by atoms with Crippen molar-refractivity contribution in [1.29, 1.82) is 0 Å². The predicted octanol–water partition coefficient (Wildman–Crippen LogP) is 1.16. The van der Waals surface area contributed by atoms with Gasteiger partial charge in [0.2, 0.25) is 6.43 Å². The van der Waals surface area contributed by atoms with Crippen LogP contribution >= 0.6 is 0 Å². The van der Waals surface area contributed by atoms with E-state index in [1.807, 2.05) is 0 Å². The van der Waals surface area contributed by atoms with Crippen molar-refractivity contribution in [3.63, 3.8) is 0 Å². The van der Waals surface area contributed by atoms with Gasteiger partial charge in [-0.1, -0.05) is 0 Å². The molecule has 3 nitrogen and oxygen atoms in total. The molecule has 0 fully saturated rings. The molecule has 0 aliphatic heterocycles. The molecule has 0 heterocycles. The lowest BCUT2D eigenvalue weighted by molar-refractivity contribution is -0.145. The van der Waals surface area contributed by atoms with Crippen molar-refractivity contribution in [3.05, 3.63) is 0 Å². The maximum absolute atomic E-state index is 11.5. The summed E-state index contributed by atoms with van der Waals surface area (Å²) < 4.78 is 27.5. The monoisotopic (exact) mass is 180 g/mol. The predicted molar refractivity (Wildman–Crippen MR) is 36.9 cm³/mol. The minimum Gasteiger partial charge on any atom is -0.466 e. The van der Waals surface area contributed by atoms with Gasteiger partial charge in [-0.3, -0.25) is 9.59 Å². The van der Waals surface area contributed by atoms with Gasteiger partial charge in [0.25, 0.3) is 0 Å². The Kier molecular flexibility index (Phi) is 5.16. The first-order chi connectivity index (χ1) is 5.56. The molecular formula is C7H10F2O3. The molecule has 0 unspecified atom stereocenters. The second kappa shape index (κ2) is 5.62. The molecule has 0 aliphatic rings. The second-order valence-corrected chi connectivity index (χ2v) is 2.12. The second-order valence-electron chi connectivity index (χ2n) is 2.12. The first kappa shape index (κ1) is 11.0. The fraction of sp³-hybridized carbons (Fsp3) is 0.714. The lowest BCUT2D eigenvalue weighted by Gasteiger charge is -2.00. The molecule has 0 amide bonds. The molecule has 0 N–H and O–H groups in total. The summed E-state index contributed by atoms with van der Waals surface area (Å²) in [7, 11) is 0. The van der Waals surface area contributed by atoms with Crippen LogP contribution in [0.2, 0.25) is 0 Å². The maximum Gasteiger partial charge on any atom is 0.313 e. The fourth-order valence-electron chi connectivity index (χ4n) is 0.617. The van der Waals surface area contributed by atoms with E-state index >= 15 is 0 Å². The number of halogens is 2. The molecule has 0 spiro atoms. The standard InChI is InChI=1S/C7H10F2O3/c1-2-12-7(11)4-5(10)3-6(8)9/h6H,2-4H2,1H3. The molecule has 12 heavy (non-hydrogen) atoms. The molecular weight excluding hydrogens is 170 g/mol. The van der Waals surface area contributed by atoms with Gasteiger partial charge in [-0.15, -0.1) is 0 Å². The highest BCUT2D eigenvalue weighted by Gasteiger charge is 2.14. The number of ketones is 1. The van der Waals surface area contributed by atoms with Crippen LogP contribution in [0, 0.1) is 0 Å². The summed E-state index contributed by atoms with van der Waals surface area (Å²) >= 11 is 0. The molecule has 0 aromatic rings. The van der Waals surface area contributed by atoms with Gasteiger partial charge in [0.05, 0.1) is 13.0 Å². The molecule has 0 radical (unpaired) electrons.